The summed E-state index contributed by atoms with van der Waals surface area (Å²) in [6.07, 6.45) is 4.24. The topological polar surface area (TPSA) is 42.9 Å². The quantitative estimate of drug-likeness (QED) is 0.362. The number of allylic oxidation sites excluding steroid dienone is 1. The van der Waals surface area contributed by atoms with Gasteiger partial charge in [0, 0.05) is 17.5 Å². The van der Waals surface area contributed by atoms with Gasteiger partial charge in [0.15, 0.2) is 10.9 Å². The van der Waals surface area contributed by atoms with Crippen molar-refractivity contribution in [1.82, 2.24) is 9.97 Å². The van der Waals surface area contributed by atoms with Gasteiger partial charge >= 0.3 is 0 Å². The summed E-state index contributed by atoms with van der Waals surface area (Å²) >= 11 is 1.34. The van der Waals surface area contributed by atoms with Crippen LogP contribution in [0.4, 0.5) is 0 Å². The van der Waals surface area contributed by atoms with Gasteiger partial charge < -0.3 is 0 Å². The Hall–Kier alpha value is -1.94. The maximum absolute atomic E-state index is 12.0. The van der Waals surface area contributed by atoms with Crippen LogP contribution >= 0.6 is 11.8 Å². The highest BCUT2D eigenvalue weighted by molar-refractivity contribution is 8.02. The lowest BCUT2D eigenvalue weighted by atomic mass is 10.1. The molecule has 1 aromatic carbocycles. The van der Waals surface area contributed by atoms with Gasteiger partial charge in [0.1, 0.15) is 0 Å². The van der Waals surface area contributed by atoms with E-state index in [0.29, 0.717) is 10.7 Å². The van der Waals surface area contributed by atoms with Crippen LogP contribution in [0.1, 0.15) is 28.5 Å². The van der Waals surface area contributed by atoms with Gasteiger partial charge in [-0.15, -0.1) is 0 Å². The lowest BCUT2D eigenvalue weighted by Crippen LogP contribution is -1.94. The highest BCUT2D eigenvalue weighted by Gasteiger charge is 2.01. The van der Waals surface area contributed by atoms with Gasteiger partial charge in [-0.1, -0.05) is 43.0 Å². The maximum Gasteiger partial charge on any atom is 0.192 e. The number of benzene rings is 1. The predicted molar refractivity (Wildman–Crippen MR) is 81.9 cm³/mol. The van der Waals surface area contributed by atoms with Gasteiger partial charge in [0.2, 0.25) is 0 Å². The average molecular weight is 284 g/mol. The number of hydrogen-bond acceptors (Lipinski definition) is 4. The molecular weight excluding hydrogens is 268 g/mol. The summed E-state index contributed by atoms with van der Waals surface area (Å²) in [5.74, 6) is -0.00666. The molecule has 2 aromatic rings. The van der Waals surface area contributed by atoms with Crippen LogP contribution in [0.3, 0.4) is 0 Å². The Kier molecular flexibility index (Phi) is 5.07. The monoisotopic (exact) mass is 284 g/mol. The Bertz CT molecular complexity index is 621. The van der Waals surface area contributed by atoms with E-state index in [-0.39, 0.29) is 5.78 Å². The normalized spacial score (nSPS) is 10.9. The van der Waals surface area contributed by atoms with Crippen LogP contribution in [-0.2, 0) is 6.42 Å². The summed E-state index contributed by atoms with van der Waals surface area (Å²) in [7, 11) is 0. The van der Waals surface area contributed by atoms with Crippen molar-refractivity contribution >= 4 is 17.5 Å². The number of aryl methyl sites for hydroxylation is 2. The number of aromatic nitrogens is 2. The van der Waals surface area contributed by atoms with E-state index in [0.717, 1.165) is 12.1 Å². The number of hydrogen-bond donors (Lipinski definition) is 0. The fourth-order valence-corrected chi connectivity index (χ4v) is 2.27. The van der Waals surface area contributed by atoms with E-state index in [4.69, 9.17) is 0 Å². The molecule has 0 aliphatic carbocycles. The highest BCUT2D eigenvalue weighted by atomic mass is 32.2. The molecule has 0 aliphatic rings. The van der Waals surface area contributed by atoms with Gasteiger partial charge in [-0.05, 0) is 36.5 Å². The minimum Gasteiger partial charge on any atom is -0.289 e. The summed E-state index contributed by atoms with van der Waals surface area (Å²) in [5, 5.41) is 2.38. The lowest BCUT2D eigenvalue weighted by Gasteiger charge is -1.99. The molecule has 0 N–H and O–H groups in total. The molecule has 4 heteroatoms. The standard InChI is InChI=1S/C16H16N2OS/c1-3-13-4-6-14(7-5-13)15(19)9-11-20-16-17-10-8-12(2)18-16/h4-11H,3H2,1-2H3. The second kappa shape index (κ2) is 7.01. The Balaban J connectivity index is 1.98. The van der Waals surface area contributed by atoms with Crippen LogP contribution in [0.25, 0.3) is 0 Å². The van der Waals surface area contributed by atoms with Crippen LogP contribution in [-0.4, -0.2) is 15.8 Å². The minimum absolute atomic E-state index is 0.00666. The fraction of sp³-hybridized carbons (Fsp3) is 0.188. The molecule has 0 spiro atoms. The smallest absolute Gasteiger partial charge is 0.192 e. The molecule has 0 fully saturated rings. The third kappa shape index (κ3) is 4.03. The summed E-state index contributed by atoms with van der Waals surface area (Å²) < 4.78 is 0. The molecule has 0 saturated heterocycles. The number of nitrogens with zero attached hydrogens (tertiary/aromatic N) is 2. The molecule has 1 aromatic heterocycles. The number of rotatable bonds is 5. The second-order valence-corrected chi connectivity index (χ2v) is 5.19. The van der Waals surface area contributed by atoms with Crippen molar-refractivity contribution in [1.29, 1.82) is 0 Å². The Morgan fingerprint density at radius 3 is 2.65 bits per heavy atom. The highest BCUT2D eigenvalue weighted by Crippen LogP contribution is 2.14. The Morgan fingerprint density at radius 1 is 1.25 bits per heavy atom. The third-order valence-electron chi connectivity index (χ3n) is 2.81. The minimum atomic E-state index is -0.00666. The predicted octanol–water partition coefficient (Wildman–Crippen LogP) is 3.84. The van der Waals surface area contributed by atoms with E-state index in [2.05, 4.69) is 16.9 Å². The number of carbonyl (C=O) groups is 1. The SMILES string of the molecule is CCc1ccc(C(=O)C=CSc2nccc(C)n2)cc1. The fourth-order valence-electron chi connectivity index (χ4n) is 1.64. The first kappa shape index (κ1) is 14.5. The Morgan fingerprint density at radius 2 is 2.00 bits per heavy atom. The van der Waals surface area contributed by atoms with Crippen LogP contribution in [0, 0.1) is 6.92 Å². The molecule has 0 atom stereocenters. The van der Waals surface area contributed by atoms with Gasteiger partial charge in [-0.25, -0.2) is 9.97 Å². The zero-order valence-corrected chi connectivity index (χ0v) is 12.4. The van der Waals surface area contributed by atoms with E-state index in [9.17, 15) is 4.79 Å². The van der Waals surface area contributed by atoms with Gasteiger partial charge in [-0.2, -0.15) is 0 Å². The van der Waals surface area contributed by atoms with Crippen molar-refractivity contribution in [2.75, 3.05) is 0 Å². The zero-order valence-electron chi connectivity index (χ0n) is 11.5. The van der Waals surface area contributed by atoms with Gasteiger partial charge in [0.25, 0.3) is 0 Å². The number of thioether (sulfide) groups is 1. The first-order valence-corrected chi connectivity index (χ1v) is 7.33. The van der Waals surface area contributed by atoms with Crippen LogP contribution in [0.5, 0.6) is 0 Å². The van der Waals surface area contributed by atoms with Gasteiger partial charge in [-0.3, -0.25) is 4.79 Å². The van der Waals surface area contributed by atoms with E-state index >= 15 is 0 Å². The summed E-state index contributed by atoms with van der Waals surface area (Å²) in [5.41, 5.74) is 2.84. The number of carbonyl (C=O) groups excluding carboxylic acids is 1. The van der Waals surface area contributed by atoms with Crippen LogP contribution in [0.15, 0.2) is 53.2 Å². The van der Waals surface area contributed by atoms with Crippen molar-refractivity contribution in [3.05, 3.63) is 64.8 Å². The molecular formula is C16H16N2OS. The molecule has 0 saturated carbocycles. The largest absolute Gasteiger partial charge is 0.289 e. The van der Waals surface area contributed by atoms with Crippen molar-refractivity contribution < 1.29 is 4.79 Å². The molecule has 0 radical (unpaired) electrons. The molecule has 0 bridgehead atoms. The maximum atomic E-state index is 12.0. The van der Waals surface area contributed by atoms with E-state index in [1.807, 2.05) is 37.3 Å². The van der Waals surface area contributed by atoms with Crippen molar-refractivity contribution in [2.45, 2.75) is 25.4 Å². The summed E-state index contributed by atoms with van der Waals surface area (Å²) in [6.45, 7) is 4.01. The first-order valence-electron chi connectivity index (χ1n) is 6.45. The van der Waals surface area contributed by atoms with Crippen LogP contribution in [0.2, 0.25) is 0 Å². The average Bonchev–Trinajstić information content (AvgIpc) is 2.47. The first-order chi connectivity index (χ1) is 9.69. The second-order valence-electron chi connectivity index (χ2n) is 4.32. The third-order valence-corrected chi connectivity index (χ3v) is 3.49. The van der Waals surface area contributed by atoms with E-state index in [1.54, 1.807) is 17.7 Å². The molecule has 0 aliphatic heterocycles. The van der Waals surface area contributed by atoms with Gasteiger partial charge in [0.05, 0.1) is 0 Å². The number of ketones is 1. The zero-order chi connectivity index (χ0) is 14.4. The molecule has 3 nitrogen and oxygen atoms in total. The van der Waals surface area contributed by atoms with E-state index < -0.39 is 0 Å². The summed E-state index contributed by atoms with van der Waals surface area (Å²) in [6, 6.07) is 9.53. The molecule has 102 valence electrons. The lowest BCUT2D eigenvalue weighted by molar-refractivity contribution is 0.104. The van der Waals surface area contributed by atoms with Crippen molar-refractivity contribution in [2.24, 2.45) is 0 Å². The molecule has 2 rings (SSSR count). The van der Waals surface area contributed by atoms with E-state index in [1.165, 1.54) is 17.3 Å². The van der Waals surface area contributed by atoms with Crippen LogP contribution < -0.4 is 0 Å². The molecule has 0 unspecified atom stereocenters. The van der Waals surface area contributed by atoms with Crippen molar-refractivity contribution in [3.8, 4) is 0 Å². The van der Waals surface area contributed by atoms with Crippen molar-refractivity contribution in [3.63, 3.8) is 0 Å². The Labute approximate surface area is 123 Å². The molecule has 1 heterocycles. The summed E-state index contributed by atoms with van der Waals surface area (Å²) in [4.78, 5) is 20.3. The molecule has 0 amide bonds. The molecule has 20 heavy (non-hydrogen) atoms.